The van der Waals surface area contributed by atoms with Gasteiger partial charge in [0, 0.05) is 4.47 Å². The third-order valence-corrected chi connectivity index (χ3v) is 4.61. The van der Waals surface area contributed by atoms with E-state index in [-0.39, 0.29) is 11.9 Å². The summed E-state index contributed by atoms with van der Waals surface area (Å²) < 4.78 is 20.0. The van der Waals surface area contributed by atoms with Gasteiger partial charge in [0.25, 0.3) is 0 Å². The van der Waals surface area contributed by atoms with Crippen LogP contribution in [-0.2, 0) is 6.42 Å². The molecule has 0 bridgehead atoms. The first-order chi connectivity index (χ1) is 10.2. The standard InChI is InChI=1S/C17H17BrFNO/c1-21-12-8-9-13-11(10-12)4-2-7-16(13)20-17-14(18)5-3-6-15(17)19/h3,5-6,8-10,16,20H,2,4,7H2,1H3. The number of anilines is 1. The number of hydrogen-bond donors (Lipinski definition) is 1. The van der Waals surface area contributed by atoms with E-state index in [0.29, 0.717) is 5.69 Å². The average molecular weight is 350 g/mol. The molecule has 2 aromatic rings. The summed E-state index contributed by atoms with van der Waals surface area (Å²) in [6.07, 6.45) is 3.13. The molecule has 0 aliphatic heterocycles. The van der Waals surface area contributed by atoms with Gasteiger partial charge >= 0.3 is 0 Å². The molecule has 0 fully saturated rings. The smallest absolute Gasteiger partial charge is 0.147 e. The van der Waals surface area contributed by atoms with Gasteiger partial charge in [-0.1, -0.05) is 12.1 Å². The third-order valence-electron chi connectivity index (χ3n) is 3.95. The second kappa shape index (κ2) is 6.06. The molecule has 0 amide bonds. The van der Waals surface area contributed by atoms with Crippen molar-refractivity contribution in [2.75, 3.05) is 12.4 Å². The van der Waals surface area contributed by atoms with E-state index >= 15 is 0 Å². The van der Waals surface area contributed by atoms with Crippen molar-refractivity contribution in [2.45, 2.75) is 25.3 Å². The predicted molar refractivity (Wildman–Crippen MR) is 86.4 cm³/mol. The lowest BCUT2D eigenvalue weighted by molar-refractivity contribution is 0.413. The van der Waals surface area contributed by atoms with E-state index in [1.54, 1.807) is 13.2 Å². The van der Waals surface area contributed by atoms with Gasteiger partial charge in [0.05, 0.1) is 18.8 Å². The van der Waals surface area contributed by atoms with Crippen molar-refractivity contribution in [2.24, 2.45) is 0 Å². The molecule has 1 unspecified atom stereocenters. The van der Waals surface area contributed by atoms with Crippen molar-refractivity contribution in [3.05, 3.63) is 57.8 Å². The summed E-state index contributed by atoms with van der Waals surface area (Å²) in [6.45, 7) is 0. The van der Waals surface area contributed by atoms with Crippen LogP contribution in [0.4, 0.5) is 10.1 Å². The Morgan fingerprint density at radius 2 is 2.14 bits per heavy atom. The molecule has 0 spiro atoms. The second-order valence-electron chi connectivity index (χ2n) is 5.25. The third kappa shape index (κ3) is 2.91. The summed E-state index contributed by atoms with van der Waals surface area (Å²) >= 11 is 3.41. The Morgan fingerprint density at radius 3 is 2.90 bits per heavy atom. The quantitative estimate of drug-likeness (QED) is 0.833. The van der Waals surface area contributed by atoms with Gasteiger partial charge in [-0.25, -0.2) is 4.39 Å². The molecule has 0 saturated heterocycles. The zero-order chi connectivity index (χ0) is 14.8. The lowest BCUT2D eigenvalue weighted by Crippen LogP contribution is -2.18. The zero-order valence-corrected chi connectivity index (χ0v) is 13.4. The van der Waals surface area contributed by atoms with Crippen LogP contribution in [0.15, 0.2) is 40.9 Å². The van der Waals surface area contributed by atoms with E-state index in [1.807, 2.05) is 12.1 Å². The van der Waals surface area contributed by atoms with Gasteiger partial charge in [0.2, 0.25) is 0 Å². The van der Waals surface area contributed by atoms with Gasteiger partial charge in [0.15, 0.2) is 0 Å². The second-order valence-corrected chi connectivity index (χ2v) is 6.10. The van der Waals surface area contributed by atoms with E-state index < -0.39 is 0 Å². The fourth-order valence-corrected chi connectivity index (χ4v) is 3.33. The minimum atomic E-state index is -0.231. The molecule has 0 heterocycles. The van der Waals surface area contributed by atoms with Crippen LogP contribution in [0, 0.1) is 5.82 Å². The first-order valence-corrected chi connectivity index (χ1v) is 7.85. The van der Waals surface area contributed by atoms with E-state index in [4.69, 9.17) is 4.74 Å². The lowest BCUT2D eigenvalue weighted by Gasteiger charge is -2.28. The van der Waals surface area contributed by atoms with Gasteiger partial charge in [0.1, 0.15) is 11.6 Å². The molecule has 1 atom stereocenters. The van der Waals surface area contributed by atoms with Gasteiger partial charge in [-0.05, 0) is 70.6 Å². The van der Waals surface area contributed by atoms with Crippen LogP contribution in [0.1, 0.15) is 30.0 Å². The predicted octanol–water partition coefficient (Wildman–Crippen LogP) is 5.09. The number of benzene rings is 2. The maximum atomic E-state index is 14.0. The molecule has 0 radical (unpaired) electrons. The summed E-state index contributed by atoms with van der Waals surface area (Å²) in [4.78, 5) is 0. The molecule has 3 rings (SSSR count). The SMILES string of the molecule is COc1ccc2c(c1)CCCC2Nc1c(F)cccc1Br. The number of fused-ring (bicyclic) bond motifs is 1. The number of nitrogens with one attached hydrogen (secondary N) is 1. The van der Waals surface area contributed by atoms with E-state index in [0.717, 1.165) is 29.5 Å². The molecule has 2 aromatic carbocycles. The number of aryl methyl sites for hydroxylation is 1. The summed E-state index contributed by atoms with van der Waals surface area (Å²) in [5, 5.41) is 3.35. The van der Waals surface area contributed by atoms with Gasteiger partial charge in [-0.3, -0.25) is 0 Å². The highest BCUT2D eigenvalue weighted by Gasteiger charge is 2.22. The summed E-state index contributed by atoms with van der Waals surface area (Å²) in [7, 11) is 1.68. The summed E-state index contributed by atoms with van der Waals surface area (Å²) in [5.41, 5.74) is 3.05. The Kier molecular flexibility index (Phi) is 4.15. The zero-order valence-electron chi connectivity index (χ0n) is 11.8. The highest BCUT2D eigenvalue weighted by Crippen LogP contribution is 2.36. The van der Waals surface area contributed by atoms with E-state index in [9.17, 15) is 4.39 Å². The highest BCUT2D eigenvalue weighted by atomic mass is 79.9. The molecule has 4 heteroatoms. The number of para-hydroxylation sites is 1. The van der Waals surface area contributed by atoms with Crippen molar-refractivity contribution in [1.29, 1.82) is 0 Å². The number of methoxy groups -OCH3 is 1. The molecule has 0 aromatic heterocycles. The first kappa shape index (κ1) is 14.4. The minimum absolute atomic E-state index is 0.132. The van der Waals surface area contributed by atoms with Crippen LogP contribution in [0.3, 0.4) is 0 Å². The first-order valence-electron chi connectivity index (χ1n) is 7.06. The van der Waals surface area contributed by atoms with Gasteiger partial charge in [-0.15, -0.1) is 0 Å². The van der Waals surface area contributed by atoms with Crippen LogP contribution in [0.25, 0.3) is 0 Å². The van der Waals surface area contributed by atoms with Crippen molar-refractivity contribution < 1.29 is 9.13 Å². The molecule has 1 aliphatic rings. The van der Waals surface area contributed by atoms with Crippen LogP contribution < -0.4 is 10.1 Å². The van der Waals surface area contributed by atoms with E-state index in [2.05, 4.69) is 33.4 Å². The molecule has 1 N–H and O–H groups in total. The lowest BCUT2D eigenvalue weighted by atomic mass is 9.87. The fourth-order valence-electron chi connectivity index (χ4n) is 2.88. The molecule has 2 nitrogen and oxygen atoms in total. The number of ether oxygens (including phenoxy) is 1. The monoisotopic (exact) mass is 349 g/mol. The maximum absolute atomic E-state index is 14.0. The fraction of sp³-hybridized carbons (Fsp3) is 0.294. The Morgan fingerprint density at radius 1 is 1.29 bits per heavy atom. The molecule has 110 valence electrons. The van der Waals surface area contributed by atoms with Crippen molar-refractivity contribution >= 4 is 21.6 Å². The van der Waals surface area contributed by atoms with Crippen LogP contribution in [0.2, 0.25) is 0 Å². The summed E-state index contributed by atoms with van der Waals surface area (Å²) in [6, 6.07) is 11.3. The van der Waals surface area contributed by atoms with Crippen molar-refractivity contribution in [3.63, 3.8) is 0 Å². The maximum Gasteiger partial charge on any atom is 0.147 e. The highest BCUT2D eigenvalue weighted by molar-refractivity contribution is 9.10. The largest absolute Gasteiger partial charge is 0.497 e. The van der Waals surface area contributed by atoms with Crippen molar-refractivity contribution in [1.82, 2.24) is 0 Å². The minimum Gasteiger partial charge on any atom is -0.497 e. The normalized spacial score (nSPS) is 17.2. The molecular weight excluding hydrogens is 333 g/mol. The molecule has 0 saturated carbocycles. The number of halogens is 2. The average Bonchev–Trinajstić information content (AvgIpc) is 2.50. The van der Waals surface area contributed by atoms with Gasteiger partial charge < -0.3 is 10.1 Å². The molecular formula is C17H17BrFNO. The van der Waals surface area contributed by atoms with Crippen LogP contribution in [0.5, 0.6) is 5.75 Å². The Hall–Kier alpha value is -1.55. The van der Waals surface area contributed by atoms with E-state index in [1.165, 1.54) is 17.2 Å². The van der Waals surface area contributed by atoms with Gasteiger partial charge in [-0.2, -0.15) is 0 Å². The number of rotatable bonds is 3. The van der Waals surface area contributed by atoms with Crippen LogP contribution in [-0.4, -0.2) is 7.11 Å². The summed E-state index contributed by atoms with van der Waals surface area (Å²) in [5.74, 6) is 0.645. The Balaban J connectivity index is 1.92. The van der Waals surface area contributed by atoms with Crippen molar-refractivity contribution in [3.8, 4) is 5.75 Å². The molecule has 1 aliphatic carbocycles. The van der Waals surface area contributed by atoms with Crippen LogP contribution >= 0.6 is 15.9 Å². The topological polar surface area (TPSA) is 21.3 Å². The number of hydrogen-bond acceptors (Lipinski definition) is 2. The Bertz CT molecular complexity index is 639. The molecule has 21 heavy (non-hydrogen) atoms. The Labute approximate surface area is 132 Å².